The van der Waals surface area contributed by atoms with Crippen molar-refractivity contribution >= 4 is 15.9 Å². The van der Waals surface area contributed by atoms with Crippen LogP contribution in [0.4, 0.5) is 0 Å². The summed E-state index contributed by atoms with van der Waals surface area (Å²) in [6, 6.07) is 0. The van der Waals surface area contributed by atoms with E-state index in [1.807, 2.05) is 18.2 Å². The lowest BCUT2D eigenvalue weighted by Crippen LogP contribution is -2.04. The van der Waals surface area contributed by atoms with Crippen molar-refractivity contribution in [2.45, 2.75) is 12.5 Å². The molecule has 0 aromatic rings. The fourth-order valence-corrected chi connectivity index (χ4v) is 1.17. The molecule has 0 aromatic carbocycles. The van der Waals surface area contributed by atoms with E-state index >= 15 is 0 Å². The molecule has 1 atom stereocenters. The molecule has 1 nitrogen and oxygen atoms in total. The first-order valence-corrected chi connectivity index (χ1v) is 4.06. The van der Waals surface area contributed by atoms with Gasteiger partial charge in [-0.2, -0.15) is 0 Å². The highest BCUT2D eigenvalue weighted by Crippen LogP contribution is 2.11. The first kappa shape index (κ1) is 7.03. The molecule has 0 aliphatic heterocycles. The molecule has 1 aliphatic rings. The highest BCUT2D eigenvalue weighted by Gasteiger charge is 2.01. The second-order valence-corrected chi connectivity index (χ2v) is 2.64. The van der Waals surface area contributed by atoms with E-state index in [9.17, 15) is 0 Å². The Morgan fingerprint density at radius 2 is 2.56 bits per heavy atom. The van der Waals surface area contributed by atoms with Crippen LogP contribution in [0, 0.1) is 0 Å². The second kappa shape index (κ2) is 3.18. The van der Waals surface area contributed by atoms with Crippen molar-refractivity contribution in [3.05, 3.63) is 23.8 Å². The molecule has 0 unspecified atom stereocenters. The summed E-state index contributed by atoms with van der Waals surface area (Å²) in [5.41, 5.74) is 1.25. The Labute approximate surface area is 63.2 Å². The average Bonchev–Trinajstić information content (AvgIpc) is 1.90. The van der Waals surface area contributed by atoms with Crippen molar-refractivity contribution < 1.29 is 5.11 Å². The van der Waals surface area contributed by atoms with Crippen LogP contribution >= 0.6 is 15.9 Å². The van der Waals surface area contributed by atoms with Gasteiger partial charge >= 0.3 is 0 Å². The van der Waals surface area contributed by atoms with Crippen molar-refractivity contribution in [2.24, 2.45) is 0 Å². The SMILES string of the molecule is O[C@H]1C=CC(CBr)=CC1. The van der Waals surface area contributed by atoms with Crippen LogP contribution in [0.2, 0.25) is 0 Å². The Balaban J connectivity index is 2.52. The topological polar surface area (TPSA) is 20.2 Å². The third kappa shape index (κ3) is 1.95. The quantitative estimate of drug-likeness (QED) is 0.621. The maximum absolute atomic E-state index is 8.98. The summed E-state index contributed by atoms with van der Waals surface area (Å²) in [4.78, 5) is 0. The van der Waals surface area contributed by atoms with Crippen LogP contribution in [-0.2, 0) is 0 Å². The predicted octanol–water partition coefficient (Wildman–Crippen LogP) is 1.63. The lowest BCUT2D eigenvalue weighted by Gasteiger charge is -2.07. The van der Waals surface area contributed by atoms with E-state index in [-0.39, 0.29) is 6.10 Å². The molecule has 0 amide bonds. The van der Waals surface area contributed by atoms with Crippen LogP contribution in [0.5, 0.6) is 0 Å². The lowest BCUT2D eigenvalue weighted by atomic mass is 10.1. The van der Waals surface area contributed by atoms with Gasteiger partial charge in [-0.15, -0.1) is 0 Å². The van der Waals surface area contributed by atoms with Gasteiger partial charge in [-0.05, 0) is 12.0 Å². The Bertz CT molecular complexity index is 149. The van der Waals surface area contributed by atoms with E-state index in [1.54, 1.807) is 0 Å². The minimum atomic E-state index is -0.257. The van der Waals surface area contributed by atoms with E-state index in [2.05, 4.69) is 15.9 Å². The van der Waals surface area contributed by atoms with Crippen molar-refractivity contribution in [3.8, 4) is 0 Å². The first-order chi connectivity index (χ1) is 4.33. The number of halogens is 1. The van der Waals surface area contributed by atoms with E-state index in [0.29, 0.717) is 0 Å². The monoisotopic (exact) mass is 188 g/mol. The van der Waals surface area contributed by atoms with Crippen LogP contribution in [0.25, 0.3) is 0 Å². The molecule has 0 bridgehead atoms. The molecular formula is C7H9BrO. The summed E-state index contributed by atoms with van der Waals surface area (Å²) >= 11 is 3.33. The van der Waals surface area contributed by atoms with Gasteiger partial charge in [0.2, 0.25) is 0 Å². The summed E-state index contributed by atoms with van der Waals surface area (Å²) in [7, 11) is 0. The number of aliphatic hydroxyl groups excluding tert-OH is 1. The maximum Gasteiger partial charge on any atom is 0.0758 e. The molecule has 0 spiro atoms. The van der Waals surface area contributed by atoms with Gasteiger partial charge in [-0.3, -0.25) is 0 Å². The molecule has 0 saturated carbocycles. The normalized spacial score (nSPS) is 26.0. The van der Waals surface area contributed by atoms with Crippen molar-refractivity contribution in [1.29, 1.82) is 0 Å². The smallest absolute Gasteiger partial charge is 0.0758 e. The van der Waals surface area contributed by atoms with E-state index in [4.69, 9.17) is 5.11 Å². The molecule has 50 valence electrons. The van der Waals surface area contributed by atoms with Crippen LogP contribution in [0.15, 0.2) is 23.8 Å². The van der Waals surface area contributed by atoms with Gasteiger partial charge in [0.1, 0.15) is 0 Å². The Morgan fingerprint density at radius 1 is 1.78 bits per heavy atom. The maximum atomic E-state index is 8.98. The minimum Gasteiger partial charge on any atom is -0.389 e. The summed E-state index contributed by atoms with van der Waals surface area (Å²) in [6.07, 6.45) is 6.31. The predicted molar refractivity (Wildman–Crippen MR) is 41.6 cm³/mol. The average molecular weight is 189 g/mol. The third-order valence-corrected chi connectivity index (χ3v) is 1.96. The van der Waals surface area contributed by atoms with Gasteiger partial charge in [0.25, 0.3) is 0 Å². The van der Waals surface area contributed by atoms with Gasteiger partial charge in [0.05, 0.1) is 6.10 Å². The first-order valence-electron chi connectivity index (χ1n) is 2.94. The lowest BCUT2D eigenvalue weighted by molar-refractivity contribution is 0.225. The number of aliphatic hydroxyl groups is 1. The number of allylic oxidation sites excluding steroid dienone is 2. The summed E-state index contributed by atoms with van der Waals surface area (Å²) in [5.74, 6) is 0. The zero-order valence-corrected chi connectivity index (χ0v) is 6.63. The van der Waals surface area contributed by atoms with E-state index < -0.39 is 0 Å². The molecule has 0 radical (unpaired) electrons. The summed E-state index contributed by atoms with van der Waals surface area (Å²) < 4.78 is 0. The number of hydrogen-bond donors (Lipinski definition) is 1. The zero-order valence-electron chi connectivity index (χ0n) is 5.05. The molecule has 9 heavy (non-hydrogen) atoms. The molecule has 0 aromatic heterocycles. The van der Waals surface area contributed by atoms with Crippen LogP contribution in [0.1, 0.15) is 6.42 Å². The van der Waals surface area contributed by atoms with Crippen molar-refractivity contribution in [2.75, 3.05) is 5.33 Å². The van der Waals surface area contributed by atoms with Gasteiger partial charge in [-0.1, -0.05) is 34.2 Å². The van der Waals surface area contributed by atoms with Crippen molar-refractivity contribution in [1.82, 2.24) is 0 Å². The fraction of sp³-hybridized carbons (Fsp3) is 0.429. The number of hydrogen-bond acceptors (Lipinski definition) is 1. The molecule has 0 heterocycles. The van der Waals surface area contributed by atoms with Crippen LogP contribution < -0.4 is 0 Å². The molecule has 2 heteroatoms. The van der Waals surface area contributed by atoms with Gasteiger partial charge in [0, 0.05) is 5.33 Å². The summed E-state index contributed by atoms with van der Waals surface area (Å²) in [6.45, 7) is 0. The molecule has 1 N–H and O–H groups in total. The number of alkyl halides is 1. The summed E-state index contributed by atoms with van der Waals surface area (Å²) in [5, 5.41) is 9.86. The molecule has 0 fully saturated rings. The highest BCUT2D eigenvalue weighted by molar-refractivity contribution is 9.09. The van der Waals surface area contributed by atoms with E-state index in [1.165, 1.54) is 5.57 Å². The number of rotatable bonds is 1. The standard InChI is InChI=1S/C7H9BrO/c8-5-6-1-3-7(9)4-2-6/h1-3,7,9H,4-5H2/t7-/m0/s1. The van der Waals surface area contributed by atoms with Crippen LogP contribution in [0.3, 0.4) is 0 Å². The highest BCUT2D eigenvalue weighted by atomic mass is 79.9. The molecular weight excluding hydrogens is 180 g/mol. The molecule has 0 saturated heterocycles. The second-order valence-electron chi connectivity index (χ2n) is 2.07. The van der Waals surface area contributed by atoms with Crippen LogP contribution in [-0.4, -0.2) is 16.5 Å². The Kier molecular flexibility index (Phi) is 2.49. The van der Waals surface area contributed by atoms with Gasteiger partial charge < -0.3 is 5.11 Å². The molecule has 1 rings (SSSR count). The zero-order chi connectivity index (χ0) is 6.69. The third-order valence-electron chi connectivity index (χ3n) is 1.31. The van der Waals surface area contributed by atoms with Gasteiger partial charge in [-0.25, -0.2) is 0 Å². The Hall–Kier alpha value is -0.0800. The minimum absolute atomic E-state index is 0.257. The van der Waals surface area contributed by atoms with Gasteiger partial charge in [0.15, 0.2) is 0 Å². The molecule has 1 aliphatic carbocycles. The Morgan fingerprint density at radius 3 is 3.00 bits per heavy atom. The largest absolute Gasteiger partial charge is 0.389 e. The fourth-order valence-electron chi connectivity index (χ4n) is 0.752. The van der Waals surface area contributed by atoms with Crippen molar-refractivity contribution in [3.63, 3.8) is 0 Å². The van der Waals surface area contributed by atoms with E-state index in [0.717, 1.165) is 11.8 Å².